The second kappa shape index (κ2) is 5.85. The largest absolute Gasteiger partial charge is 0.388 e. The molecule has 0 radical (unpaired) electrons. The zero-order valence-electron chi connectivity index (χ0n) is 10.6. The minimum absolute atomic E-state index is 0.0296. The summed E-state index contributed by atoms with van der Waals surface area (Å²) in [5.41, 5.74) is 1.58. The number of benzene rings is 2. The molecule has 1 unspecified atom stereocenters. The van der Waals surface area contributed by atoms with E-state index in [1.165, 1.54) is 0 Å². The van der Waals surface area contributed by atoms with Crippen LogP contribution in [0.4, 0.5) is 13.2 Å². The average molecular weight is 301 g/mol. The van der Waals surface area contributed by atoms with Gasteiger partial charge in [-0.1, -0.05) is 23.7 Å². The van der Waals surface area contributed by atoms with Crippen LogP contribution in [0.5, 0.6) is 0 Å². The van der Waals surface area contributed by atoms with Gasteiger partial charge in [-0.25, -0.2) is 13.2 Å². The smallest absolute Gasteiger partial charge is 0.194 e. The molecule has 2 aromatic rings. The molecule has 0 aliphatic rings. The van der Waals surface area contributed by atoms with Crippen molar-refractivity contribution in [2.45, 2.75) is 19.4 Å². The lowest BCUT2D eigenvalue weighted by Crippen LogP contribution is -2.05. The highest BCUT2D eigenvalue weighted by molar-refractivity contribution is 6.31. The number of hydrogen-bond acceptors (Lipinski definition) is 1. The third kappa shape index (κ3) is 3.14. The number of aliphatic hydroxyl groups is 1. The van der Waals surface area contributed by atoms with Gasteiger partial charge in [-0.3, -0.25) is 0 Å². The van der Waals surface area contributed by atoms with Crippen molar-refractivity contribution in [1.29, 1.82) is 0 Å². The van der Waals surface area contributed by atoms with Gasteiger partial charge in [0, 0.05) is 11.4 Å². The van der Waals surface area contributed by atoms with Crippen LogP contribution >= 0.6 is 11.6 Å². The molecule has 2 rings (SSSR count). The van der Waals surface area contributed by atoms with Gasteiger partial charge in [-0.2, -0.15) is 0 Å². The van der Waals surface area contributed by atoms with Crippen LogP contribution in [0.2, 0.25) is 5.02 Å². The molecule has 20 heavy (non-hydrogen) atoms. The Morgan fingerprint density at radius 3 is 2.25 bits per heavy atom. The Labute approximate surface area is 119 Å². The predicted octanol–water partition coefficient (Wildman–Crippen LogP) is 4.34. The molecule has 0 bridgehead atoms. The molecule has 0 aliphatic carbocycles. The van der Waals surface area contributed by atoms with Gasteiger partial charge in [-0.05, 0) is 41.8 Å². The zero-order chi connectivity index (χ0) is 14.9. The van der Waals surface area contributed by atoms with E-state index < -0.39 is 23.6 Å². The maximum atomic E-state index is 13.1. The van der Waals surface area contributed by atoms with Crippen molar-refractivity contribution in [2.75, 3.05) is 0 Å². The van der Waals surface area contributed by atoms with E-state index in [1.807, 2.05) is 13.0 Å². The lowest BCUT2D eigenvalue weighted by atomic mass is 10.0. The van der Waals surface area contributed by atoms with Crippen LogP contribution < -0.4 is 0 Å². The maximum absolute atomic E-state index is 13.1. The summed E-state index contributed by atoms with van der Waals surface area (Å²) in [7, 11) is 0. The van der Waals surface area contributed by atoms with Crippen molar-refractivity contribution in [1.82, 2.24) is 0 Å². The number of hydrogen-bond donors (Lipinski definition) is 1. The van der Waals surface area contributed by atoms with E-state index in [-0.39, 0.29) is 12.0 Å². The van der Waals surface area contributed by atoms with Crippen molar-refractivity contribution in [2.24, 2.45) is 0 Å². The third-order valence-corrected chi connectivity index (χ3v) is 3.36. The van der Waals surface area contributed by atoms with Gasteiger partial charge in [0.05, 0.1) is 6.10 Å². The molecule has 106 valence electrons. The molecule has 1 nitrogen and oxygen atoms in total. The van der Waals surface area contributed by atoms with E-state index in [4.69, 9.17) is 11.6 Å². The van der Waals surface area contributed by atoms with Crippen LogP contribution in [0.25, 0.3) is 0 Å². The lowest BCUT2D eigenvalue weighted by Gasteiger charge is -2.13. The van der Waals surface area contributed by atoms with Crippen molar-refractivity contribution in [3.05, 3.63) is 69.5 Å². The minimum atomic E-state index is -1.55. The quantitative estimate of drug-likeness (QED) is 0.836. The molecular weight excluding hydrogens is 289 g/mol. The van der Waals surface area contributed by atoms with Crippen LogP contribution in [0.1, 0.15) is 22.8 Å². The molecule has 0 aromatic heterocycles. The SMILES string of the molecule is Cc1ccc(CC(O)c2cc(F)c(F)c(F)c2)c(Cl)c1. The first-order chi connectivity index (χ1) is 9.38. The van der Waals surface area contributed by atoms with E-state index in [9.17, 15) is 18.3 Å². The molecule has 1 N–H and O–H groups in total. The van der Waals surface area contributed by atoms with Gasteiger partial charge in [-0.15, -0.1) is 0 Å². The van der Waals surface area contributed by atoms with Crippen molar-refractivity contribution >= 4 is 11.6 Å². The summed E-state index contributed by atoms with van der Waals surface area (Å²) in [5.74, 6) is -4.20. The molecule has 0 fully saturated rings. The molecule has 0 heterocycles. The molecular formula is C15H12ClF3O. The highest BCUT2D eigenvalue weighted by Crippen LogP contribution is 2.26. The molecule has 1 atom stereocenters. The fourth-order valence-electron chi connectivity index (χ4n) is 1.91. The second-order valence-electron chi connectivity index (χ2n) is 4.61. The van der Waals surface area contributed by atoms with E-state index >= 15 is 0 Å². The zero-order valence-corrected chi connectivity index (χ0v) is 11.4. The van der Waals surface area contributed by atoms with Gasteiger partial charge in [0.2, 0.25) is 0 Å². The lowest BCUT2D eigenvalue weighted by molar-refractivity contribution is 0.177. The second-order valence-corrected chi connectivity index (χ2v) is 5.02. The van der Waals surface area contributed by atoms with Gasteiger partial charge < -0.3 is 5.11 Å². The predicted molar refractivity (Wildman–Crippen MR) is 71.2 cm³/mol. The Morgan fingerprint density at radius 2 is 1.70 bits per heavy atom. The van der Waals surface area contributed by atoms with Crippen LogP contribution in [0.3, 0.4) is 0 Å². The van der Waals surface area contributed by atoms with Crippen molar-refractivity contribution in [3.8, 4) is 0 Å². The molecule has 2 aromatic carbocycles. The maximum Gasteiger partial charge on any atom is 0.194 e. The van der Waals surface area contributed by atoms with Crippen molar-refractivity contribution < 1.29 is 18.3 Å². The van der Waals surface area contributed by atoms with Crippen molar-refractivity contribution in [3.63, 3.8) is 0 Å². The van der Waals surface area contributed by atoms with Crippen LogP contribution in [-0.2, 0) is 6.42 Å². The van der Waals surface area contributed by atoms with Crippen LogP contribution in [0.15, 0.2) is 30.3 Å². The third-order valence-electron chi connectivity index (χ3n) is 3.01. The monoisotopic (exact) mass is 300 g/mol. The fourth-order valence-corrected chi connectivity index (χ4v) is 2.22. The Kier molecular flexibility index (Phi) is 4.35. The van der Waals surface area contributed by atoms with E-state index in [2.05, 4.69) is 0 Å². The number of aryl methyl sites for hydroxylation is 1. The summed E-state index contributed by atoms with van der Waals surface area (Å²) in [6, 6.07) is 6.85. The summed E-state index contributed by atoms with van der Waals surface area (Å²) in [4.78, 5) is 0. The highest BCUT2D eigenvalue weighted by atomic mass is 35.5. The highest BCUT2D eigenvalue weighted by Gasteiger charge is 2.17. The fraction of sp³-hybridized carbons (Fsp3) is 0.200. The average Bonchev–Trinajstić information content (AvgIpc) is 2.38. The molecule has 5 heteroatoms. The summed E-state index contributed by atoms with van der Waals surface area (Å²) >= 11 is 6.03. The van der Waals surface area contributed by atoms with E-state index in [0.717, 1.165) is 17.7 Å². The summed E-state index contributed by atoms with van der Waals surface area (Å²) in [6.07, 6.45) is -1.08. The minimum Gasteiger partial charge on any atom is -0.388 e. The molecule has 0 amide bonds. The molecule has 0 saturated carbocycles. The number of halogens is 4. The first-order valence-corrected chi connectivity index (χ1v) is 6.34. The van der Waals surface area contributed by atoms with Crippen LogP contribution in [0, 0.1) is 24.4 Å². The first kappa shape index (κ1) is 14.9. The normalized spacial score (nSPS) is 12.5. The Morgan fingerprint density at radius 1 is 1.10 bits per heavy atom. The van der Waals surface area contributed by atoms with Gasteiger partial charge in [0.25, 0.3) is 0 Å². The Bertz CT molecular complexity index is 620. The standard InChI is InChI=1S/C15H12ClF3O/c1-8-2-3-9(11(16)4-8)7-14(20)10-5-12(17)15(19)13(18)6-10/h2-6,14,20H,7H2,1H3. The van der Waals surface area contributed by atoms with E-state index in [1.54, 1.807) is 12.1 Å². The number of aliphatic hydroxyl groups excluding tert-OH is 1. The van der Waals surface area contributed by atoms with Gasteiger partial charge in [0.1, 0.15) is 0 Å². The Balaban J connectivity index is 2.26. The van der Waals surface area contributed by atoms with Gasteiger partial charge >= 0.3 is 0 Å². The van der Waals surface area contributed by atoms with E-state index in [0.29, 0.717) is 10.6 Å². The summed E-state index contributed by atoms with van der Waals surface area (Å²) < 4.78 is 39.1. The summed E-state index contributed by atoms with van der Waals surface area (Å²) in [5, 5.41) is 10.5. The topological polar surface area (TPSA) is 20.2 Å². The number of rotatable bonds is 3. The molecule has 0 spiro atoms. The van der Waals surface area contributed by atoms with Crippen LogP contribution in [-0.4, -0.2) is 5.11 Å². The van der Waals surface area contributed by atoms with Gasteiger partial charge in [0.15, 0.2) is 17.5 Å². The Hall–Kier alpha value is -1.52. The first-order valence-electron chi connectivity index (χ1n) is 5.96. The molecule has 0 saturated heterocycles. The summed E-state index contributed by atoms with van der Waals surface area (Å²) in [6.45, 7) is 1.87. The molecule has 0 aliphatic heterocycles.